The predicted octanol–water partition coefficient (Wildman–Crippen LogP) is 1.60. The second kappa shape index (κ2) is 10.8. The minimum absolute atomic E-state index is 0.564. The van der Waals surface area contributed by atoms with Crippen LogP contribution in [-0.2, 0) is 13.6 Å². The number of aromatic nitrogens is 3. The van der Waals surface area contributed by atoms with E-state index >= 15 is 0 Å². The van der Waals surface area contributed by atoms with Crippen LogP contribution < -0.4 is 5.32 Å². The summed E-state index contributed by atoms with van der Waals surface area (Å²) < 4.78 is 2.01. The van der Waals surface area contributed by atoms with Gasteiger partial charge in [-0.2, -0.15) is 11.8 Å². The van der Waals surface area contributed by atoms with Gasteiger partial charge in [-0.1, -0.05) is 13.8 Å². The first-order valence-electron chi connectivity index (χ1n) is 9.60. The number of nitrogens with zero attached hydrogens (tertiary/aromatic N) is 6. The maximum absolute atomic E-state index is 4.86. The summed E-state index contributed by atoms with van der Waals surface area (Å²) in [7, 11) is 2.00. The number of aliphatic imine (C=N–C) groups is 1. The average molecular weight is 382 g/mol. The first-order valence-corrected chi connectivity index (χ1v) is 11.0. The Morgan fingerprint density at radius 2 is 1.96 bits per heavy atom. The topological polar surface area (TPSA) is 61.6 Å². The maximum Gasteiger partial charge on any atom is 0.194 e. The lowest BCUT2D eigenvalue weighted by Crippen LogP contribution is -2.53. The van der Waals surface area contributed by atoms with Crippen LogP contribution in [0.15, 0.2) is 4.99 Å². The lowest BCUT2D eigenvalue weighted by atomic mass is 10.2. The number of nitrogens with one attached hydrogen (secondary N) is 1. The molecule has 8 heteroatoms. The number of hydrogen-bond acceptors (Lipinski definition) is 5. The van der Waals surface area contributed by atoms with Crippen LogP contribution in [-0.4, -0.2) is 81.8 Å². The third-order valence-corrected chi connectivity index (χ3v) is 5.35. The molecule has 0 aromatic carbocycles. The van der Waals surface area contributed by atoms with Crippen molar-refractivity contribution in [3.05, 3.63) is 11.6 Å². The highest BCUT2D eigenvalue weighted by molar-refractivity contribution is 7.98. The molecule has 2 rings (SSSR count). The summed E-state index contributed by atoms with van der Waals surface area (Å²) in [5.41, 5.74) is 0. The smallest absolute Gasteiger partial charge is 0.194 e. The highest BCUT2D eigenvalue weighted by Crippen LogP contribution is 2.07. The molecule has 1 fully saturated rings. The van der Waals surface area contributed by atoms with Gasteiger partial charge in [0.15, 0.2) is 11.8 Å². The van der Waals surface area contributed by atoms with Crippen LogP contribution >= 0.6 is 11.8 Å². The standard InChI is InChI=1S/C18H35N7S/c1-15(2)14-24-8-10-25(11-9-24)18(19-7-6-12-26-5)20-13-17-22-21-16(3)23(17)4/h15H,6-14H2,1-5H3,(H,19,20). The zero-order valence-electron chi connectivity index (χ0n) is 17.0. The molecular formula is C18H35N7S. The average Bonchev–Trinajstić information content (AvgIpc) is 2.93. The molecule has 2 heterocycles. The van der Waals surface area contributed by atoms with E-state index in [0.717, 1.165) is 62.7 Å². The van der Waals surface area contributed by atoms with Crippen molar-refractivity contribution >= 4 is 17.7 Å². The van der Waals surface area contributed by atoms with E-state index in [9.17, 15) is 0 Å². The molecule has 1 N–H and O–H groups in total. The fraction of sp³-hybridized carbons (Fsp3) is 0.833. The molecule has 0 atom stereocenters. The van der Waals surface area contributed by atoms with Gasteiger partial charge in [0.25, 0.3) is 0 Å². The molecule has 1 aromatic heterocycles. The molecule has 0 spiro atoms. The van der Waals surface area contributed by atoms with Crippen molar-refractivity contribution in [1.82, 2.24) is 29.9 Å². The van der Waals surface area contributed by atoms with Gasteiger partial charge in [0, 0.05) is 46.3 Å². The Bertz CT molecular complexity index is 562. The van der Waals surface area contributed by atoms with Crippen LogP contribution in [0.2, 0.25) is 0 Å². The van der Waals surface area contributed by atoms with Crippen LogP contribution in [0.5, 0.6) is 0 Å². The number of aryl methyl sites for hydroxylation is 1. The summed E-state index contributed by atoms with van der Waals surface area (Å²) in [5, 5.41) is 11.9. The first kappa shape index (κ1) is 21.0. The van der Waals surface area contributed by atoms with Crippen molar-refractivity contribution in [3.63, 3.8) is 0 Å². The zero-order chi connectivity index (χ0) is 18.9. The van der Waals surface area contributed by atoms with Gasteiger partial charge in [-0.15, -0.1) is 10.2 Å². The lowest BCUT2D eigenvalue weighted by Gasteiger charge is -2.37. The molecule has 0 amide bonds. The highest BCUT2D eigenvalue weighted by Gasteiger charge is 2.20. The van der Waals surface area contributed by atoms with Crippen molar-refractivity contribution in [1.29, 1.82) is 0 Å². The SMILES string of the molecule is CSCCCNC(=NCc1nnc(C)n1C)N1CCN(CC(C)C)CC1. The quantitative estimate of drug-likeness (QED) is 0.419. The lowest BCUT2D eigenvalue weighted by molar-refractivity contribution is 0.164. The largest absolute Gasteiger partial charge is 0.356 e. The van der Waals surface area contributed by atoms with Gasteiger partial charge in [-0.05, 0) is 31.3 Å². The minimum atomic E-state index is 0.564. The van der Waals surface area contributed by atoms with Crippen LogP contribution in [0.4, 0.5) is 0 Å². The second-order valence-corrected chi connectivity index (χ2v) is 8.30. The number of hydrogen-bond donors (Lipinski definition) is 1. The Balaban J connectivity index is 1.96. The second-order valence-electron chi connectivity index (χ2n) is 7.32. The fourth-order valence-corrected chi connectivity index (χ4v) is 3.51. The molecule has 148 valence electrons. The van der Waals surface area contributed by atoms with E-state index in [1.807, 2.05) is 30.3 Å². The van der Waals surface area contributed by atoms with E-state index in [1.54, 1.807) is 0 Å². The third-order valence-electron chi connectivity index (χ3n) is 4.66. The van der Waals surface area contributed by atoms with Crippen LogP contribution in [0.3, 0.4) is 0 Å². The molecule has 1 aliphatic rings. The van der Waals surface area contributed by atoms with E-state index in [4.69, 9.17) is 4.99 Å². The first-order chi connectivity index (χ1) is 12.5. The van der Waals surface area contributed by atoms with Gasteiger partial charge in [-0.25, -0.2) is 4.99 Å². The van der Waals surface area contributed by atoms with Gasteiger partial charge in [0.2, 0.25) is 0 Å². The molecule has 26 heavy (non-hydrogen) atoms. The number of rotatable bonds is 8. The summed E-state index contributed by atoms with van der Waals surface area (Å²) in [6.45, 7) is 13.5. The summed E-state index contributed by atoms with van der Waals surface area (Å²) in [4.78, 5) is 9.80. The Kier molecular flexibility index (Phi) is 8.71. The van der Waals surface area contributed by atoms with Gasteiger partial charge in [0.1, 0.15) is 12.4 Å². The van der Waals surface area contributed by atoms with E-state index in [-0.39, 0.29) is 0 Å². The van der Waals surface area contributed by atoms with Crippen molar-refractivity contribution in [2.75, 3.05) is 51.3 Å². The molecule has 1 aromatic rings. The Hall–Kier alpha value is -1.28. The molecule has 1 aliphatic heterocycles. The Morgan fingerprint density at radius 3 is 2.54 bits per heavy atom. The number of piperazine rings is 1. The molecular weight excluding hydrogens is 346 g/mol. The summed E-state index contributed by atoms with van der Waals surface area (Å²) in [5.74, 6) is 4.73. The van der Waals surface area contributed by atoms with Crippen molar-refractivity contribution in [2.45, 2.75) is 33.7 Å². The number of thioether (sulfide) groups is 1. The van der Waals surface area contributed by atoms with E-state index in [0.29, 0.717) is 6.54 Å². The van der Waals surface area contributed by atoms with Crippen molar-refractivity contribution in [3.8, 4) is 0 Å². The monoisotopic (exact) mass is 381 g/mol. The molecule has 0 unspecified atom stereocenters. The zero-order valence-corrected chi connectivity index (χ0v) is 17.8. The van der Waals surface area contributed by atoms with E-state index < -0.39 is 0 Å². The summed E-state index contributed by atoms with van der Waals surface area (Å²) >= 11 is 1.89. The molecule has 7 nitrogen and oxygen atoms in total. The highest BCUT2D eigenvalue weighted by atomic mass is 32.2. The molecule has 0 radical (unpaired) electrons. The van der Waals surface area contributed by atoms with Crippen molar-refractivity contribution < 1.29 is 0 Å². The predicted molar refractivity (Wildman–Crippen MR) is 111 cm³/mol. The van der Waals surface area contributed by atoms with E-state index in [2.05, 4.69) is 45.4 Å². The molecule has 0 saturated carbocycles. The van der Waals surface area contributed by atoms with E-state index in [1.165, 1.54) is 12.3 Å². The Labute approximate surface area is 162 Å². The van der Waals surface area contributed by atoms with Gasteiger partial charge in [0.05, 0.1) is 0 Å². The van der Waals surface area contributed by atoms with Crippen LogP contribution in [0.1, 0.15) is 31.9 Å². The fourth-order valence-electron chi connectivity index (χ4n) is 3.08. The van der Waals surface area contributed by atoms with Crippen molar-refractivity contribution in [2.24, 2.45) is 18.0 Å². The number of guanidine groups is 1. The summed E-state index contributed by atoms with van der Waals surface area (Å²) in [6.07, 6.45) is 3.30. The third kappa shape index (κ3) is 6.46. The molecule has 0 bridgehead atoms. The molecule has 0 aliphatic carbocycles. The van der Waals surface area contributed by atoms with Gasteiger partial charge in [-0.3, -0.25) is 4.90 Å². The maximum atomic E-state index is 4.86. The summed E-state index contributed by atoms with van der Waals surface area (Å²) in [6, 6.07) is 0. The Morgan fingerprint density at radius 1 is 1.23 bits per heavy atom. The minimum Gasteiger partial charge on any atom is -0.356 e. The van der Waals surface area contributed by atoms with Crippen LogP contribution in [0, 0.1) is 12.8 Å². The van der Waals surface area contributed by atoms with Crippen LogP contribution in [0.25, 0.3) is 0 Å². The molecule has 1 saturated heterocycles. The van der Waals surface area contributed by atoms with Gasteiger partial charge >= 0.3 is 0 Å². The van der Waals surface area contributed by atoms with Gasteiger partial charge < -0.3 is 14.8 Å². The normalized spacial score (nSPS) is 16.5.